The highest BCUT2D eigenvalue weighted by molar-refractivity contribution is 14.1. The highest BCUT2D eigenvalue weighted by Gasteiger charge is 2.26. The Bertz CT molecular complexity index is 1060. The van der Waals surface area contributed by atoms with Crippen LogP contribution in [0, 0.1) is 3.77 Å². The molecule has 1 aliphatic heterocycles. The van der Waals surface area contributed by atoms with E-state index in [2.05, 4.69) is 95.4 Å². The Kier molecular flexibility index (Phi) is 4.45. The van der Waals surface area contributed by atoms with Crippen LogP contribution < -0.4 is 4.74 Å². The molecular formula is C23H17IO2S. The third-order valence-corrected chi connectivity index (χ3v) is 7.82. The summed E-state index contributed by atoms with van der Waals surface area (Å²) in [5, 5.41) is 0. The quantitative estimate of drug-likeness (QED) is 0.221. The van der Waals surface area contributed by atoms with Gasteiger partial charge in [-0.25, -0.2) is 0 Å². The maximum Gasteiger partial charge on any atom is 0.164 e. The molecule has 0 unspecified atom stereocenters. The SMILES string of the molecule is Ic1ccc(COc2ccc([SH]3c4ccccc4-c4ccccc43)cc2)o1. The summed E-state index contributed by atoms with van der Waals surface area (Å²) in [6, 6.07) is 30.0. The summed E-state index contributed by atoms with van der Waals surface area (Å²) in [6.07, 6.45) is 0. The van der Waals surface area contributed by atoms with Crippen LogP contribution in [0.1, 0.15) is 5.76 Å². The first-order valence-corrected chi connectivity index (χ1v) is 11.2. The van der Waals surface area contributed by atoms with Gasteiger partial charge in [0.2, 0.25) is 0 Å². The molecule has 0 radical (unpaired) electrons. The molecule has 0 saturated carbocycles. The van der Waals surface area contributed by atoms with Crippen molar-refractivity contribution in [2.45, 2.75) is 21.3 Å². The molecule has 2 nitrogen and oxygen atoms in total. The summed E-state index contributed by atoms with van der Waals surface area (Å²) < 4.78 is 12.3. The lowest BCUT2D eigenvalue weighted by Crippen LogP contribution is -1.93. The Morgan fingerprint density at radius 2 is 1.37 bits per heavy atom. The average molecular weight is 484 g/mol. The molecule has 2 heterocycles. The third-order valence-electron chi connectivity index (χ3n) is 4.68. The molecule has 0 saturated heterocycles. The number of rotatable bonds is 4. The van der Waals surface area contributed by atoms with Crippen molar-refractivity contribution in [1.29, 1.82) is 0 Å². The molecule has 0 bridgehead atoms. The zero-order chi connectivity index (χ0) is 18.2. The van der Waals surface area contributed by atoms with Crippen molar-refractivity contribution >= 4 is 33.5 Å². The minimum Gasteiger partial charge on any atom is -0.486 e. The molecule has 3 aromatic carbocycles. The summed E-state index contributed by atoms with van der Waals surface area (Å²) in [5.74, 6) is 1.70. The van der Waals surface area contributed by atoms with Crippen molar-refractivity contribution < 1.29 is 9.15 Å². The van der Waals surface area contributed by atoms with Gasteiger partial charge in [0.25, 0.3) is 0 Å². The number of benzene rings is 3. The molecular weight excluding hydrogens is 467 g/mol. The maximum absolute atomic E-state index is 5.87. The topological polar surface area (TPSA) is 22.4 Å². The van der Waals surface area contributed by atoms with Gasteiger partial charge in [-0.05, 0) is 87.1 Å². The van der Waals surface area contributed by atoms with Gasteiger partial charge in [-0.2, -0.15) is 10.9 Å². The molecule has 4 aromatic rings. The molecule has 0 fully saturated rings. The third kappa shape index (κ3) is 3.17. The lowest BCUT2D eigenvalue weighted by Gasteiger charge is -2.19. The Morgan fingerprint density at radius 1 is 0.741 bits per heavy atom. The van der Waals surface area contributed by atoms with Gasteiger partial charge in [-0.1, -0.05) is 36.4 Å². The number of thiol groups is 1. The summed E-state index contributed by atoms with van der Waals surface area (Å²) in [5.41, 5.74) is 2.74. The van der Waals surface area contributed by atoms with Crippen LogP contribution in [0.25, 0.3) is 11.1 Å². The largest absolute Gasteiger partial charge is 0.486 e. The van der Waals surface area contributed by atoms with Gasteiger partial charge in [0.1, 0.15) is 18.1 Å². The van der Waals surface area contributed by atoms with Crippen molar-refractivity contribution in [2.24, 2.45) is 0 Å². The molecule has 1 aromatic heterocycles. The minimum atomic E-state index is -0.509. The molecule has 134 valence electrons. The van der Waals surface area contributed by atoms with E-state index in [0.717, 1.165) is 15.3 Å². The van der Waals surface area contributed by atoms with Crippen LogP contribution in [0.3, 0.4) is 0 Å². The first-order valence-electron chi connectivity index (χ1n) is 8.75. The highest BCUT2D eigenvalue weighted by Crippen LogP contribution is 2.62. The molecule has 4 heteroatoms. The van der Waals surface area contributed by atoms with Crippen molar-refractivity contribution in [2.75, 3.05) is 0 Å². The summed E-state index contributed by atoms with van der Waals surface area (Å²) in [6.45, 7) is 0.447. The normalized spacial score (nSPS) is 13.3. The van der Waals surface area contributed by atoms with E-state index >= 15 is 0 Å². The Morgan fingerprint density at radius 3 is 1.96 bits per heavy atom. The van der Waals surface area contributed by atoms with E-state index in [0.29, 0.717) is 6.61 Å². The number of ether oxygens (including phenoxy) is 1. The lowest BCUT2D eigenvalue weighted by atomic mass is 10.1. The van der Waals surface area contributed by atoms with Gasteiger partial charge in [-0.3, -0.25) is 0 Å². The maximum atomic E-state index is 5.87. The first-order chi connectivity index (χ1) is 13.3. The van der Waals surface area contributed by atoms with Crippen LogP contribution in [-0.4, -0.2) is 0 Å². The Balaban J connectivity index is 1.43. The molecule has 0 atom stereocenters. The van der Waals surface area contributed by atoms with Crippen LogP contribution >= 0.6 is 33.5 Å². The molecule has 27 heavy (non-hydrogen) atoms. The van der Waals surface area contributed by atoms with Crippen LogP contribution in [0.5, 0.6) is 5.75 Å². The minimum absolute atomic E-state index is 0.447. The molecule has 0 amide bonds. The lowest BCUT2D eigenvalue weighted by molar-refractivity contribution is 0.267. The number of furan rings is 1. The molecule has 0 spiro atoms. The second-order valence-corrected chi connectivity index (χ2v) is 9.57. The molecule has 0 N–H and O–H groups in total. The standard InChI is InChI=1S/C23H17IO2S/c24-23-14-11-17(26-23)15-25-16-9-12-18(13-10-16)27-21-7-3-1-5-19(21)20-6-2-4-8-22(20)27/h1-14,27H,15H2. The first kappa shape index (κ1) is 17.0. The van der Waals surface area contributed by atoms with Gasteiger partial charge >= 0.3 is 0 Å². The zero-order valence-corrected chi connectivity index (χ0v) is 17.5. The van der Waals surface area contributed by atoms with Gasteiger partial charge in [-0.15, -0.1) is 0 Å². The fourth-order valence-corrected chi connectivity index (χ4v) is 6.54. The van der Waals surface area contributed by atoms with Crippen LogP contribution in [0.2, 0.25) is 0 Å². The van der Waals surface area contributed by atoms with Gasteiger partial charge in [0.05, 0.1) is 0 Å². The van der Waals surface area contributed by atoms with E-state index < -0.39 is 10.9 Å². The number of hydrogen-bond donors (Lipinski definition) is 1. The highest BCUT2D eigenvalue weighted by atomic mass is 127. The second-order valence-electron chi connectivity index (χ2n) is 6.36. The number of hydrogen-bond acceptors (Lipinski definition) is 2. The van der Waals surface area contributed by atoms with E-state index in [1.54, 1.807) is 0 Å². The monoisotopic (exact) mass is 484 g/mol. The van der Waals surface area contributed by atoms with Gasteiger partial charge in [0.15, 0.2) is 3.77 Å². The van der Waals surface area contributed by atoms with Crippen molar-refractivity contribution in [1.82, 2.24) is 0 Å². The summed E-state index contributed by atoms with van der Waals surface area (Å²) >= 11 is 2.16. The second kappa shape index (κ2) is 7.09. The van der Waals surface area contributed by atoms with Crippen molar-refractivity contribution in [3.05, 3.63) is 94.5 Å². The predicted octanol–water partition coefficient (Wildman–Crippen LogP) is 6.92. The average Bonchev–Trinajstić information content (AvgIpc) is 3.28. The smallest absolute Gasteiger partial charge is 0.164 e. The van der Waals surface area contributed by atoms with Crippen LogP contribution in [-0.2, 0) is 6.61 Å². The van der Waals surface area contributed by atoms with Crippen molar-refractivity contribution in [3.63, 3.8) is 0 Å². The van der Waals surface area contributed by atoms with Gasteiger partial charge in [0, 0.05) is 9.79 Å². The van der Waals surface area contributed by atoms with E-state index in [1.807, 2.05) is 12.1 Å². The summed E-state index contributed by atoms with van der Waals surface area (Å²) in [7, 11) is -0.509. The number of fused-ring (bicyclic) bond motifs is 3. The van der Waals surface area contributed by atoms with E-state index in [-0.39, 0.29) is 0 Å². The van der Waals surface area contributed by atoms with E-state index in [4.69, 9.17) is 9.15 Å². The fraction of sp³-hybridized carbons (Fsp3) is 0.0435. The van der Waals surface area contributed by atoms with Gasteiger partial charge < -0.3 is 9.15 Å². The summed E-state index contributed by atoms with van der Waals surface area (Å²) in [4.78, 5) is 4.22. The zero-order valence-electron chi connectivity index (χ0n) is 14.4. The molecule has 5 rings (SSSR count). The molecule has 0 aliphatic carbocycles. The molecule has 1 aliphatic rings. The van der Waals surface area contributed by atoms with Crippen molar-refractivity contribution in [3.8, 4) is 16.9 Å². The van der Waals surface area contributed by atoms with Crippen LogP contribution in [0.15, 0.2) is 104 Å². The predicted molar refractivity (Wildman–Crippen MR) is 118 cm³/mol. The Labute approximate surface area is 174 Å². The van der Waals surface area contributed by atoms with Crippen LogP contribution in [0.4, 0.5) is 0 Å². The van der Waals surface area contributed by atoms with E-state index in [9.17, 15) is 0 Å². The number of halogens is 1. The van der Waals surface area contributed by atoms with E-state index in [1.165, 1.54) is 25.8 Å². The Hall–Kier alpha value is -2.18. The fourth-order valence-electron chi connectivity index (χ4n) is 3.48.